The second-order valence-corrected chi connectivity index (χ2v) is 4.76. The molecule has 0 aliphatic rings. The lowest BCUT2D eigenvalue weighted by molar-refractivity contribution is 0.0587. The Hall–Kier alpha value is -2.53. The third-order valence-electron chi connectivity index (χ3n) is 2.97. The van der Waals surface area contributed by atoms with Crippen LogP contribution in [0.5, 0.6) is 0 Å². The van der Waals surface area contributed by atoms with E-state index >= 15 is 0 Å². The Balaban J connectivity index is 2.52. The van der Waals surface area contributed by atoms with Gasteiger partial charge in [-0.05, 0) is 24.3 Å². The van der Waals surface area contributed by atoms with E-state index in [-0.39, 0.29) is 16.1 Å². The van der Waals surface area contributed by atoms with E-state index in [1.54, 1.807) is 0 Å². The minimum atomic E-state index is -0.586. The van der Waals surface area contributed by atoms with E-state index in [1.807, 2.05) is 30.3 Å². The van der Waals surface area contributed by atoms with E-state index in [0.717, 1.165) is 5.69 Å². The predicted molar refractivity (Wildman–Crippen MR) is 83.9 cm³/mol. The smallest absolute Gasteiger partial charge is 0.340 e. The van der Waals surface area contributed by atoms with E-state index < -0.39 is 11.9 Å². The first-order valence-corrected chi connectivity index (χ1v) is 6.77. The van der Waals surface area contributed by atoms with E-state index in [2.05, 4.69) is 10.1 Å². The van der Waals surface area contributed by atoms with Crippen LogP contribution in [-0.2, 0) is 9.47 Å². The number of rotatable bonds is 4. The summed E-state index contributed by atoms with van der Waals surface area (Å²) in [7, 11) is 2.54. The summed E-state index contributed by atoms with van der Waals surface area (Å²) in [6.07, 6.45) is 0. The minimum absolute atomic E-state index is 0.117. The van der Waals surface area contributed by atoms with Crippen molar-refractivity contribution in [2.75, 3.05) is 19.5 Å². The highest BCUT2D eigenvalue weighted by molar-refractivity contribution is 6.34. The number of carbonyl (C=O) groups excluding carboxylic acids is 2. The summed E-state index contributed by atoms with van der Waals surface area (Å²) in [6, 6.07) is 12.1. The highest BCUT2D eigenvalue weighted by Gasteiger charge is 2.19. The Morgan fingerprint density at radius 2 is 1.55 bits per heavy atom. The highest BCUT2D eigenvalue weighted by Crippen LogP contribution is 2.29. The maximum Gasteiger partial charge on any atom is 0.340 e. The number of anilines is 2. The van der Waals surface area contributed by atoms with Gasteiger partial charge >= 0.3 is 11.9 Å². The van der Waals surface area contributed by atoms with Crippen molar-refractivity contribution in [3.8, 4) is 0 Å². The molecule has 0 unspecified atom stereocenters. The second kappa shape index (κ2) is 6.95. The zero-order valence-electron chi connectivity index (χ0n) is 12.1. The van der Waals surface area contributed by atoms with Gasteiger partial charge in [0.05, 0.1) is 36.1 Å². The molecule has 6 heteroatoms. The Morgan fingerprint density at radius 3 is 2.14 bits per heavy atom. The number of hydrogen-bond donors (Lipinski definition) is 1. The summed E-state index contributed by atoms with van der Waals surface area (Å²) in [5.41, 5.74) is 1.55. The van der Waals surface area contributed by atoms with E-state index in [1.165, 1.54) is 26.4 Å². The summed E-state index contributed by atoms with van der Waals surface area (Å²) < 4.78 is 9.42. The number of para-hydroxylation sites is 1. The fourth-order valence-electron chi connectivity index (χ4n) is 1.90. The number of methoxy groups -OCH3 is 2. The molecule has 0 aliphatic heterocycles. The fraction of sp³-hybridized carbons (Fsp3) is 0.125. The molecule has 114 valence electrons. The lowest BCUT2D eigenvalue weighted by Crippen LogP contribution is -2.09. The first-order chi connectivity index (χ1) is 10.6. The van der Waals surface area contributed by atoms with Crippen molar-refractivity contribution in [3.63, 3.8) is 0 Å². The number of halogens is 1. The number of carbonyl (C=O) groups is 2. The first kappa shape index (κ1) is 15.9. The molecule has 22 heavy (non-hydrogen) atoms. The maximum atomic E-state index is 11.9. The largest absolute Gasteiger partial charge is 0.465 e. The predicted octanol–water partition coefficient (Wildman–Crippen LogP) is 3.66. The average Bonchev–Trinajstić information content (AvgIpc) is 2.55. The van der Waals surface area contributed by atoms with Crippen LogP contribution in [0.25, 0.3) is 0 Å². The molecule has 5 nitrogen and oxygen atoms in total. The molecular weight excluding hydrogens is 306 g/mol. The van der Waals surface area contributed by atoms with Crippen LogP contribution in [0.15, 0.2) is 42.5 Å². The molecule has 0 radical (unpaired) electrons. The Labute approximate surface area is 132 Å². The molecule has 0 fully saturated rings. The lowest BCUT2D eigenvalue weighted by Gasteiger charge is -2.13. The van der Waals surface area contributed by atoms with Gasteiger partial charge in [0.25, 0.3) is 0 Å². The highest BCUT2D eigenvalue weighted by atomic mass is 35.5. The van der Waals surface area contributed by atoms with Gasteiger partial charge in [0.15, 0.2) is 0 Å². The van der Waals surface area contributed by atoms with Gasteiger partial charge in [-0.3, -0.25) is 0 Å². The van der Waals surface area contributed by atoms with Crippen LogP contribution in [0.2, 0.25) is 5.02 Å². The molecule has 2 rings (SSSR count). The van der Waals surface area contributed by atoms with Crippen molar-refractivity contribution in [2.24, 2.45) is 0 Å². The van der Waals surface area contributed by atoms with Crippen LogP contribution in [0.4, 0.5) is 11.4 Å². The molecular formula is C16H14ClNO4. The standard InChI is InChI=1S/C16H14ClNO4/c1-21-15(19)11-9-14(18-10-6-4-3-5-7-10)12(8-13(11)17)16(20)22-2/h3-9,18H,1-2H3. The summed E-state index contributed by atoms with van der Waals surface area (Å²) in [4.78, 5) is 23.6. The van der Waals surface area contributed by atoms with Crippen LogP contribution in [0.1, 0.15) is 20.7 Å². The van der Waals surface area contributed by atoms with Crippen LogP contribution in [0, 0.1) is 0 Å². The third-order valence-corrected chi connectivity index (χ3v) is 3.28. The minimum Gasteiger partial charge on any atom is -0.465 e. The van der Waals surface area contributed by atoms with Gasteiger partial charge in [-0.15, -0.1) is 0 Å². The molecule has 1 N–H and O–H groups in total. The third kappa shape index (κ3) is 3.38. The topological polar surface area (TPSA) is 64.6 Å². The van der Waals surface area contributed by atoms with Crippen molar-refractivity contribution in [2.45, 2.75) is 0 Å². The van der Waals surface area contributed by atoms with Gasteiger partial charge in [0, 0.05) is 5.69 Å². The Bertz CT molecular complexity index is 701. The molecule has 0 amide bonds. The van der Waals surface area contributed by atoms with E-state index in [4.69, 9.17) is 16.3 Å². The summed E-state index contributed by atoms with van der Waals surface area (Å²) in [5, 5.41) is 3.18. The van der Waals surface area contributed by atoms with E-state index in [9.17, 15) is 9.59 Å². The molecule has 0 aliphatic carbocycles. The van der Waals surface area contributed by atoms with Crippen molar-refractivity contribution in [1.82, 2.24) is 0 Å². The molecule has 0 saturated heterocycles. The zero-order valence-corrected chi connectivity index (χ0v) is 12.8. The Morgan fingerprint density at radius 1 is 0.955 bits per heavy atom. The molecule has 0 atom stereocenters. The first-order valence-electron chi connectivity index (χ1n) is 6.39. The number of ether oxygens (including phenoxy) is 2. The van der Waals surface area contributed by atoms with E-state index in [0.29, 0.717) is 5.69 Å². The Kier molecular flexibility index (Phi) is 5.01. The van der Waals surface area contributed by atoms with Crippen LogP contribution >= 0.6 is 11.6 Å². The van der Waals surface area contributed by atoms with Crippen LogP contribution < -0.4 is 5.32 Å². The number of nitrogens with one attached hydrogen (secondary N) is 1. The van der Waals surface area contributed by atoms with Crippen molar-refractivity contribution in [1.29, 1.82) is 0 Å². The van der Waals surface area contributed by atoms with Gasteiger partial charge in [0.1, 0.15) is 0 Å². The van der Waals surface area contributed by atoms with Gasteiger partial charge in [-0.1, -0.05) is 29.8 Å². The molecule has 0 aromatic heterocycles. The molecule has 0 heterocycles. The van der Waals surface area contributed by atoms with Crippen molar-refractivity contribution >= 4 is 34.9 Å². The number of benzene rings is 2. The summed E-state index contributed by atoms with van der Waals surface area (Å²) in [6.45, 7) is 0. The van der Waals surface area contributed by atoms with Crippen molar-refractivity contribution < 1.29 is 19.1 Å². The molecule has 2 aromatic rings. The molecule has 0 spiro atoms. The second-order valence-electron chi connectivity index (χ2n) is 4.35. The maximum absolute atomic E-state index is 11.9. The number of esters is 2. The van der Waals surface area contributed by atoms with Gasteiger partial charge in [-0.2, -0.15) is 0 Å². The molecule has 0 bridgehead atoms. The monoisotopic (exact) mass is 319 g/mol. The zero-order chi connectivity index (χ0) is 16.1. The number of hydrogen-bond acceptors (Lipinski definition) is 5. The lowest BCUT2D eigenvalue weighted by atomic mass is 10.1. The summed E-state index contributed by atoms with van der Waals surface area (Å²) in [5.74, 6) is -1.14. The molecule has 0 saturated carbocycles. The van der Waals surface area contributed by atoms with Gasteiger partial charge in [0.2, 0.25) is 0 Å². The van der Waals surface area contributed by atoms with Gasteiger partial charge < -0.3 is 14.8 Å². The quantitative estimate of drug-likeness (QED) is 0.871. The normalized spacial score (nSPS) is 9.95. The average molecular weight is 320 g/mol. The summed E-state index contributed by atoms with van der Waals surface area (Å²) >= 11 is 6.04. The fourth-order valence-corrected chi connectivity index (χ4v) is 2.14. The molecule has 2 aromatic carbocycles. The van der Waals surface area contributed by atoms with Gasteiger partial charge in [-0.25, -0.2) is 9.59 Å². The SMILES string of the molecule is COC(=O)c1cc(Nc2ccccc2)c(C(=O)OC)cc1Cl. The van der Waals surface area contributed by atoms with Crippen LogP contribution in [-0.4, -0.2) is 26.2 Å². The van der Waals surface area contributed by atoms with Crippen LogP contribution in [0.3, 0.4) is 0 Å². The van der Waals surface area contributed by atoms with Crippen molar-refractivity contribution in [3.05, 3.63) is 58.6 Å².